The summed E-state index contributed by atoms with van der Waals surface area (Å²) in [5.74, 6) is 2.12. The van der Waals surface area contributed by atoms with Gasteiger partial charge in [0.2, 0.25) is 0 Å². The maximum atomic E-state index is 14.3. The minimum absolute atomic E-state index is 0.365. The molecule has 0 spiro atoms. The molecule has 0 unspecified atom stereocenters. The third-order valence-corrected chi connectivity index (χ3v) is 7.07. The molecule has 0 N–H and O–H groups in total. The smallest absolute Gasteiger partial charge is 0.153 e. The monoisotopic (exact) mass is 378 g/mol. The molecule has 0 bridgehead atoms. The molecule has 0 heterocycles. The predicted octanol–water partition coefficient (Wildman–Crippen LogP) is 5.60. The van der Waals surface area contributed by atoms with Crippen LogP contribution >= 0.6 is 0 Å². The van der Waals surface area contributed by atoms with Crippen molar-refractivity contribution in [3.05, 3.63) is 59.7 Å². The van der Waals surface area contributed by atoms with Gasteiger partial charge < -0.3 is 9.47 Å². The van der Waals surface area contributed by atoms with Crippen molar-refractivity contribution in [2.24, 2.45) is 0 Å². The van der Waals surface area contributed by atoms with Crippen LogP contribution in [0.15, 0.2) is 48.5 Å². The fourth-order valence-electron chi connectivity index (χ4n) is 5.53. The molecule has 0 amide bonds. The molecule has 0 aliphatic heterocycles. The zero-order chi connectivity index (χ0) is 19.6. The summed E-state index contributed by atoms with van der Waals surface area (Å²) in [7, 11) is 3.37. The quantitative estimate of drug-likeness (QED) is 0.657. The van der Waals surface area contributed by atoms with Gasteiger partial charge in [0.05, 0.1) is 25.0 Å². The van der Waals surface area contributed by atoms with Crippen molar-refractivity contribution in [3.8, 4) is 11.5 Å². The molecule has 4 rings (SSSR count). The summed E-state index contributed by atoms with van der Waals surface area (Å²) in [5, 5.41) is 0. The number of Topliss-reactive ketones (excluding diaryl/α,β-unsaturated/α-hetero) is 1. The van der Waals surface area contributed by atoms with E-state index < -0.39 is 0 Å². The van der Waals surface area contributed by atoms with Gasteiger partial charge >= 0.3 is 0 Å². The summed E-state index contributed by atoms with van der Waals surface area (Å²) >= 11 is 0. The summed E-state index contributed by atoms with van der Waals surface area (Å²) in [6.07, 6.45) is 8.30. The van der Waals surface area contributed by atoms with E-state index in [4.69, 9.17) is 9.47 Å². The van der Waals surface area contributed by atoms with Gasteiger partial charge in [-0.25, -0.2) is 0 Å². The van der Waals surface area contributed by atoms with Crippen molar-refractivity contribution in [1.29, 1.82) is 0 Å². The minimum Gasteiger partial charge on any atom is -0.497 e. The Morgan fingerprint density at radius 1 is 0.643 bits per heavy atom. The average Bonchev–Trinajstić information content (AvgIpc) is 3.45. The Kier molecular flexibility index (Phi) is 5.18. The van der Waals surface area contributed by atoms with Crippen molar-refractivity contribution in [2.45, 2.75) is 62.2 Å². The Balaban J connectivity index is 1.77. The molecule has 3 heteroatoms. The van der Waals surface area contributed by atoms with Gasteiger partial charge in [-0.05, 0) is 61.1 Å². The first kappa shape index (κ1) is 19.0. The number of methoxy groups -OCH3 is 2. The number of carbonyl (C=O) groups excluding carboxylic acids is 1. The summed E-state index contributed by atoms with van der Waals surface area (Å²) < 4.78 is 10.7. The lowest BCUT2D eigenvalue weighted by molar-refractivity contribution is -0.130. The Morgan fingerprint density at radius 3 is 1.25 bits per heavy atom. The molecule has 0 radical (unpaired) electrons. The maximum Gasteiger partial charge on any atom is 0.153 e. The number of hydrogen-bond donors (Lipinski definition) is 0. The van der Waals surface area contributed by atoms with E-state index in [0.29, 0.717) is 5.78 Å². The second-order valence-electron chi connectivity index (χ2n) is 8.36. The van der Waals surface area contributed by atoms with Crippen LogP contribution in [0, 0.1) is 0 Å². The van der Waals surface area contributed by atoms with Crippen LogP contribution in [-0.2, 0) is 15.6 Å². The molecule has 148 valence electrons. The molecular weight excluding hydrogens is 348 g/mol. The van der Waals surface area contributed by atoms with Crippen molar-refractivity contribution in [3.63, 3.8) is 0 Å². The van der Waals surface area contributed by atoms with E-state index in [9.17, 15) is 4.79 Å². The molecule has 2 saturated carbocycles. The van der Waals surface area contributed by atoms with Crippen LogP contribution in [0.25, 0.3) is 0 Å². The second-order valence-corrected chi connectivity index (χ2v) is 8.36. The third kappa shape index (κ3) is 3.01. The zero-order valence-electron chi connectivity index (χ0n) is 17.0. The van der Waals surface area contributed by atoms with E-state index in [1.807, 2.05) is 24.3 Å². The van der Waals surface area contributed by atoms with Gasteiger partial charge in [-0.3, -0.25) is 4.79 Å². The van der Waals surface area contributed by atoms with E-state index in [1.165, 1.54) is 0 Å². The Labute approximate surface area is 168 Å². The molecule has 0 saturated heterocycles. The predicted molar refractivity (Wildman–Crippen MR) is 111 cm³/mol. The lowest BCUT2D eigenvalue weighted by Gasteiger charge is -2.39. The molecule has 0 aromatic heterocycles. The largest absolute Gasteiger partial charge is 0.497 e. The van der Waals surface area contributed by atoms with Crippen LogP contribution < -0.4 is 9.47 Å². The lowest BCUT2D eigenvalue weighted by atomic mass is 9.62. The number of carbonyl (C=O) groups is 1. The Morgan fingerprint density at radius 2 is 0.964 bits per heavy atom. The summed E-state index contributed by atoms with van der Waals surface area (Å²) in [6, 6.07) is 16.4. The van der Waals surface area contributed by atoms with Crippen LogP contribution in [0.3, 0.4) is 0 Å². The van der Waals surface area contributed by atoms with Crippen molar-refractivity contribution in [2.75, 3.05) is 14.2 Å². The molecule has 2 aromatic rings. The van der Waals surface area contributed by atoms with E-state index in [0.717, 1.165) is 74.0 Å². The van der Waals surface area contributed by atoms with Crippen molar-refractivity contribution in [1.82, 2.24) is 0 Å². The summed E-state index contributed by atoms with van der Waals surface area (Å²) in [4.78, 5) is 14.3. The average molecular weight is 379 g/mol. The number of rotatable bonds is 6. The number of hydrogen-bond acceptors (Lipinski definition) is 3. The van der Waals surface area contributed by atoms with Gasteiger partial charge in [0, 0.05) is 0 Å². The highest BCUT2D eigenvalue weighted by molar-refractivity contribution is 5.99. The number of ether oxygens (including phenoxy) is 2. The normalized spacial score (nSPS) is 20.1. The van der Waals surface area contributed by atoms with Crippen LogP contribution in [0.4, 0.5) is 0 Å². The fourth-order valence-corrected chi connectivity index (χ4v) is 5.53. The molecule has 2 fully saturated rings. The van der Waals surface area contributed by atoms with Gasteiger partial charge in [-0.2, -0.15) is 0 Å². The van der Waals surface area contributed by atoms with E-state index >= 15 is 0 Å². The first-order chi connectivity index (χ1) is 13.6. The lowest BCUT2D eigenvalue weighted by Crippen LogP contribution is -2.46. The molecule has 0 atom stereocenters. The SMILES string of the molecule is COc1ccc(C2(C(=O)C3(c4ccc(OC)cc4)CCCC3)CCCC2)cc1. The Bertz CT molecular complexity index is 738. The first-order valence-corrected chi connectivity index (χ1v) is 10.5. The number of benzene rings is 2. The van der Waals surface area contributed by atoms with Gasteiger partial charge in [0.1, 0.15) is 11.5 Å². The van der Waals surface area contributed by atoms with Crippen LogP contribution in [0.1, 0.15) is 62.5 Å². The van der Waals surface area contributed by atoms with Crippen LogP contribution in [0.2, 0.25) is 0 Å². The van der Waals surface area contributed by atoms with Gasteiger partial charge in [-0.1, -0.05) is 49.9 Å². The maximum absolute atomic E-state index is 14.3. The van der Waals surface area contributed by atoms with Gasteiger partial charge in [0.25, 0.3) is 0 Å². The third-order valence-electron chi connectivity index (χ3n) is 7.07. The topological polar surface area (TPSA) is 35.5 Å². The van der Waals surface area contributed by atoms with E-state index in [-0.39, 0.29) is 10.8 Å². The van der Waals surface area contributed by atoms with Crippen LogP contribution in [-0.4, -0.2) is 20.0 Å². The fraction of sp³-hybridized carbons (Fsp3) is 0.480. The molecule has 2 aromatic carbocycles. The zero-order valence-corrected chi connectivity index (χ0v) is 17.0. The second kappa shape index (κ2) is 7.62. The van der Waals surface area contributed by atoms with Crippen molar-refractivity contribution >= 4 is 5.78 Å². The van der Waals surface area contributed by atoms with E-state index in [1.54, 1.807) is 14.2 Å². The number of ketones is 1. The summed E-state index contributed by atoms with van der Waals surface area (Å²) in [6.45, 7) is 0. The standard InChI is InChI=1S/C25H30O3/c1-27-21-11-7-19(8-12-21)24(15-3-4-16-24)23(26)25(17-5-6-18-25)20-9-13-22(28-2)14-10-20/h7-14H,3-6,15-18H2,1-2H3. The van der Waals surface area contributed by atoms with Crippen molar-refractivity contribution < 1.29 is 14.3 Å². The molecule has 2 aliphatic rings. The molecule has 2 aliphatic carbocycles. The molecule has 28 heavy (non-hydrogen) atoms. The van der Waals surface area contributed by atoms with Crippen LogP contribution in [0.5, 0.6) is 11.5 Å². The molecular formula is C25H30O3. The highest BCUT2D eigenvalue weighted by Gasteiger charge is 2.53. The van der Waals surface area contributed by atoms with Gasteiger partial charge in [-0.15, -0.1) is 0 Å². The van der Waals surface area contributed by atoms with E-state index in [2.05, 4.69) is 24.3 Å². The highest BCUT2D eigenvalue weighted by Crippen LogP contribution is 2.52. The highest BCUT2D eigenvalue weighted by atomic mass is 16.5. The Hall–Kier alpha value is -2.29. The molecule has 3 nitrogen and oxygen atoms in total. The first-order valence-electron chi connectivity index (χ1n) is 10.5. The summed E-state index contributed by atoms with van der Waals surface area (Å²) in [5.41, 5.74) is 1.60. The minimum atomic E-state index is -0.365. The van der Waals surface area contributed by atoms with Gasteiger partial charge in [0.15, 0.2) is 5.78 Å².